The van der Waals surface area contributed by atoms with Crippen molar-refractivity contribution in [2.75, 3.05) is 31.1 Å². The molecule has 1 amide bonds. The quantitative estimate of drug-likeness (QED) is 0.131. The normalized spacial score (nSPS) is 17.7. The SMILES string of the molecule is C=C/C(=C\C=C(\C)C(C)CC)NC(=O)C1=C(C(F)(F)F)NC(N2CCC(c3cccc(F)c3)C2)O1.CC.CC/C=C/N.CCCN(CCC)c1ccccc1F. The monoisotopic (exact) mass is 789 g/mol. The van der Waals surface area contributed by atoms with E-state index in [9.17, 15) is 26.7 Å². The molecule has 2 aromatic rings. The number of likely N-dealkylation sites (tertiary alicyclic amines) is 1. The molecule has 2 aliphatic heterocycles. The molecule has 12 heteroatoms. The van der Waals surface area contributed by atoms with Crippen molar-refractivity contribution in [2.24, 2.45) is 11.7 Å². The predicted octanol–water partition coefficient (Wildman–Crippen LogP) is 10.8. The van der Waals surface area contributed by atoms with Crippen LogP contribution in [0.5, 0.6) is 0 Å². The largest absolute Gasteiger partial charge is 0.449 e. The van der Waals surface area contributed by atoms with E-state index in [1.165, 1.54) is 24.3 Å². The Kier molecular flexibility index (Phi) is 23.2. The molecule has 2 heterocycles. The van der Waals surface area contributed by atoms with E-state index < -0.39 is 29.9 Å². The first-order valence-corrected chi connectivity index (χ1v) is 19.7. The molecule has 1 fully saturated rings. The highest BCUT2D eigenvalue weighted by Crippen LogP contribution is 2.35. The second kappa shape index (κ2) is 26.3. The van der Waals surface area contributed by atoms with Gasteiger partial charge < -0.3 is 26.0 Å². The zero-order chi connectivity index (χ0) is 42.3. The van der Waals surface area contributed by atoms with Gasteiger partial charge in [0.1, 0.15) is 11.6 Å². The summed E-state index contributed by atoms with van der Waals surface area (Å²) in [7, 11) is 0. The van der Waals surface area contributed by atoms with Gasteiger partial charge in [0.05, 0.1) is 5.69 Å². The molecular formula is C44H64F5N5O2. The summed E-state index contributed by atoms with van der Waals surface area (Å²) in [5.41, 5.74) is 6.55. The van der Waals surface area contributed by atoms with Gasteiger partial charge >= 0.3 is 6.18 Å². The van der Waals surface area contributed by atoms with Gasteiger partial charge in [-0.25, -0.2) is 13.7 Å². The third-order valence-electron chi connectivity index (χ3n) is 9.03. The van der Waals surface area contributed by atoms with E-state index in [4.69, 9.17) is 10.5 Å². The maximum atomic E-state index is 13.7. The van der Waals surface area contributed by atoms with Crippen LogP contribution < -0.4 is 21.3 Å². The van der Waals surface area contributed by atoms with E-state index in [0.29, 0.717) is 25.4 Å². The second-order valence-corrected chi connectivity index (χ2v) is 13.1. The Hall–Kier alpha value is -4.58. The number of para-hydroxylation sites is 1. The van der Waals surface area contributed by atoms with Gasteiger partial charge in [-0.1, -0.05) is 97.0 Å². The first-order valence-electron chi connectivity index (χ1n) is 19.7. The molecule has 2 aromatic carbocycles. The number of nitrogens with zero attached hydrogens (tertiary/aromatic N) is 2. The Morgan fingerprint density at radius 2 is 1.73 bits per heavy atom. The molecule has 56 heavy (non-hydrogen) atoms. The molecule has 0 aromatic heterocycles. The van der Waals surface area contributed by atoms with E-state index in [1.54, 1.807) is 41.5 Å². The number of carbonyl (C=O) groups excluding carboxylic acids is 1. The number of rotatable bonds is 14. The minimum absolute atomic E-state index is 0.0563. The van der Waals surface area contributed by atoms with Crippen molar-refractivity contribution < 1.29 is 31.5 Å². The molecule has 0 radical (unpaired) electrons. The molecule has 0 spiro atoms. The van der Waals surface area contributed by atoms with E-state index in [0.717, 1.165) is 55.6 Å². The summed E-state index contributed by atoms with van der Waals surface area (Å²) >= 11 is 0. The van der Waals surface area contributed by atoms with Gasteiger partial charge in [-0.3, -0.25) is 4.79 Å². The Balaban J connectivity index is 0.000000614. The summed E-state index contributed by atoms with van der Waals surface area (Å²) < 4.78 is 73.7. The van der Waals surface area contributed by atoms with Crippen molar-refractivity contribution in [1.82, 2.24) is 15.5 Å². The average molecular weight is 790 g/mol. The number of carbonyl (C=O) groups is 1. The predicted molar refractivity (Wildman–Crippen MR) is 220 cm³/mol. The minimum atomic E-state index is -4.81. The molecule has 7 nitrogen and oxygen atoms in total. The van der Waals surface area contributed by atoms with Gasteiger partial charge in [-0.05, 0) is 99.0 Å². The van der Waals surface area contributed by atoms with Crippen LogP contribution in [0.3, 0.4) is 0 Å². The van der Waals surface area contributed by atoms with Gasteiger partial charge in [0, 0.05) is 31.9 Å². The molecule has 1 saturated heterocycles. The van der Waals surface area contributed by atoms with E-state index in [2.05, 4.69) is 49.8 Å². The van der Waals surface area contributed by atoms with Crippen molar-refractivity contribution in [1.29, 1.82) is 0 Å². The summed E-state index contributed by atoms with van der Waals surface area (Å²) in [6, 6.07) is 13.2. The van der Waals surface area contributed by atoms with E-state index in [-0.39, 0.29) is 23.2 Å². The van der Waals surface area contributed by atoms with Crippen LogP contribution in [0, 0.1) is 17.6 Å². The molecule has 4 rings (SSSR count). The van der Waals surface area contributed by atoms with Crippen LogP contribution in [0.2, 0.25) is 0 Å². The number of amides is 1. The Morgan fingerprint density at radius 3 is 2.25 bits per heavy atom. The molecule has 0 saturated carbocycles. The maximum absolute atomic E-state index is 13.7. The topological polar surface area (TPSA) is 82.9 Å². The third-order valence-corrected chi connectivity index (χ3v) is 9.03. The van der Waals surface area contributed by atoms with Crippen LogP contribution in [0.4, 0.5) is 27.6 Å². The second-order valence-electron chi connectivity index (χ2n) is 13.1. The number of hydrogen-bond donors (Lipinski definition) is 3. The fraction of sp³-hybridized carbons (Fsp3) is 0.477. The first-order chi connectivity index (χ1) is 26.7. The smallest absolute Gasteiger partial charge is 0.434 e. The van der Waals surface area contributed by atoms with Crippen molar-refractivity contribution in [3.63, 3.8) is 0 Å². The number of nitrogens with one attached hydrogen (secondary N) is 2. The fourth-order valence-electron chi connectivity index (χ4n) is 5.76. The van der Waals surface area contributed by atoms with E-state index in [1.807, 2.05) is 45.9 Å². The summed E-state index contributed by atoms with van der Waals surface area (Å²) in [6.45, 7) is 22.6. The number of halogens is 5. The van der Waals surface area contributed by atoms with Crippen molar-refractivity contribution >= 4 is 11.6 Å². The molecule has 0 bridgehead atoms. The van der Waals surface area contributed by atoms with Gasteiger partial charge in [0.15, 0.2) is 5.70 Å². The lowest BCUT2D eigenvalue weighted by Gasteiger charge is -2.24. The maximum Gasteiger partial charge on any atom is 0.434 e. The highest BCUT2D eigenvalue weighted by Gasteiger charge is 2.47. The summed E-state index contributed by atoms with van der Waals surface area (Å²) in [5.74, 6) is -2.06. The molecule has 312 valence electrons. The Bertz CT molecular complexity index is 1600. The zero-order valence-corrected chi connectivity index (χ0v) is 34.5. The van der Waals surface area contributed by atoms with Crippen LogP contribution in [0.1, 0.15) is 99.0 Å². The highest BCUT2D eigenvalue weighted by atomic mass is 19.4. The molecule has 4 N–H and O–H groups in total. The highest BCUT2D eigenvalue weighted by molar-refractivity contribution is 5.94. The van der Waals surface area contributed by atoms with Gasteiger partial charge in [0.2, 0.25) is 12.1 Å². The molecule has 0 aliphatic carbocycles. The lowest BCUT2D eigenvalue weighted by Crippen LogP contribution is -2.43. The first kappa shape index (κ1) is 49.4. The fourth-order valence-corrected chi connectivity index (χ4v) is 5.76. The number of ether oxygens (including phenoxy) is 1. The standard InChI is InChI=1S/C26H31F4N3O2.C12H18FN.C4H9N.C2H6/c1-5-16(3)17(4)10-11-21(6-2)31-24(34)22-23(26(28,29)30)32-25(35-22)33-13-12-19(15-33)18-8-7-9-20(27)14-18;1-3-9-14(10-4-2)12-8-6-5-7-11(12)13;1-2-3-4-5;1-2/h6-11,14,16,19,25,32H,2,5,12-13,15H2,1,3-4H3,(H,31,34);5-8H,3-4,9-10H2,1-2H3;3-4H,2,5H2,1H3;1-2H3/b17-10-,21-11+;;4-3+;. The number of benzene rings is 2. The minimum Gasteiger partial charge on any atom is -0.449 e. The molecule has 3 unspecified atom stereocenters. The molecular weight excluding hydrogens is 726 g/mol. The van der Waals surface area contributed by atoms with Crippen molar-refractivity contribution in [3.05, 3.63) is 126 Å². The number of nitrogens with two attached hydrogens (primary N) is 1. The van der Waals surface area contributed by atoms with Gasteiger partial charge in [-0.15, -0.1) is 0 Å². The lowest BCUT2D eigenvalue weighted by atomic mass is 9.98. The molecule has 3 atom stereocenters. The van der Waals surface area contributed by atoms with Crippen LogP contribution >= 0.6 is 0 Å². The Labute approximate surface area is 332 Å². The van der Waals surface area contributed by atoms with Crippen LogP contribution in [-0.2, 0) is 9.53 Å². The van der Waals surface area contributed by atoms with Gasteiger partial charge in [0.25, 0.3) is 5.91 Å². The number of anilines is 1. The molecule has 2 aliphatic rings. The van der Waals surface area contributed by atoms with Crippen molar-refractivity contribution in [3.8, 4) is 0 Å². The number of allylic oxidation sites excluding steroid dienone is 6. The van der Waals surface area contributed by atoms with Gasteiger partial charge in [-0.2, -0.15) is 13.2 Å². The summed E-state index contributed by atoms with van der Waals surface area (Å²) in [6.07, 6.45) is 6.95. The number of hydrogen-bond acceptors (Lipinski definition) is 6. The van der Waals surface area contributed by atoms with Crippen LogP contribution in [0.25, 0.3) is 0 Å². The zero-order valence-electron chi connectivity index (χ0n) is 34.5. The number of alkyl halides is 3. The van der Waals surface area contributed by atoms with E-state index >= 15 is 0 Å². The van der Waals surface area contributed by atoms with Crippen LogP contribution in [0.15, 0.2) is 108 Å². The van der Waals surface area contributed by atoms with Crippen molar-refractivity contribution in [2.45, 2.75) is 106 Å². The lowest BCUT2D eigenvalue weighted by molar-refractivity contribution is -0.123. The average Bonchev–Trinajstić information content (AvgIpc) is 3.87. The van der Waals surface area contributed by atoms with Crippen LogP contribution in [-0.4, -0.2) is 49.5 Å². The summed E-state index contributed by atoms with van der Waals surface area (Å²) in [5, 5.41) is 4.77. The third kappa shape index (κ3) is 16.3. The summed E-state index contributed by atoms with van der Waals surface area (Å²) in [4.78, 5) is 16.6. The Morgan fingerprint density at radius 1 is 1.07 bits per heavy atom.